The van der Waals surface area contributed by atoms with Crippen LogP contribution < -0.4 is 0 Å². The second kappa shape index (κ2) is 4.93. The molecule has 0 heterocycles. The summed E-state index contributed by atoms with van der Waals surface area (Å²) in [6.45, 7) is 17.0. The molecule has 0 aliphatic heterocycles. The van der Waals surface area contributed by atoms with Gasteiger partial charge in [-0.2, -0.15) is 0 Å². The molecule has 0 fully saturated rings. The topological polar surface area (TPSA) is 74.6 Å². The summed E-state index contributed by atoms with van der Waals surface area (Å²) in [6, 6.07) is 0. The van der Waals surface area contributed by atoms with Gasteiger partial charge in [-0.1, -0.05) is 32.9 Å². The van der Waals surface area contributed by atoms with Crippen molar-refractivity contribution in [3.05, 3.63) is 60.8 Å². The lowest BCUT2D eigenvalue weighted by atomic mass is 9.92. The summed E-state index contributed by atoms with van der Waals surface area (Å²) in [5.41, 5.74) is -0.367. The maximum Gasteiger partial charge on any atom is 0.335 e. The van der Waals surface area contributed by atoms with Crippen LogP contribution in [0.15, 0.2) is 60.8 Å². The van der Waals surface area contributed by atoms with E-state index in [0.717, 1.165) is 0 Å². The zero-order valence-electron chi connectivity index (χ0n) is 8.75. The highest BCUT2D eigenvalue weighted by Gasteiger charge is 2.17. The average molecular weight is 220 g/mol. The molecule has 0 aliphatic rings. The molecule has 84 valence electrons. The summed E-state index contributed by atoms with van der Waals surface area (Å²) in [4.78, 5) is 21.2. The van der Waals surface area contributed by atoms with Crippen molar-refractivity contribution in [2.45, 2.75) is 0 Å². The van der Waals surface area contributed by atoms with Crippen molar-refractivity contribution in [3.63, 3.8) is 0 Å². The zero-order valence-corrected chi connectivity index (χ0v) is 8.75. The lowest BCUT2D eigenvalue weighted by Crippen LogP contribution is -2.08. The molecule has 0 unspecified atom stereocenters. The molecule has 0 rings (SSSR count). The smallest absolute Gasteiger partial charge is 0.335 e. The molecule has 0 aromatic carbocycles. The van der Waals surface area contributed by atoms with Gasteiger partial charge in [-0.15, -0.1) is 0 Å². The quantitative estimate of drug-likeness (QED) is 0.530. The second-order valence-corrected chi connectivity index (χ2v) is 3.00. The van der Waals surface area contributed by atoms with E-state index in [-0.39, 0.29) is 27.9 Å². The minimum atomic E-state index is -1.25. The van der Waals surface area contributed by atoms with E-state index < -0.39 is 11.9 Å². The van der Waals surface area contributed by atoms with Gasteiger partial charge >= 0.3 is 11.9 Å². The fourth-order valence-corrected chi connectivity index (χ4v) is 0.805. The van der Waals surface area contributed by atoms with Crippen LogP contribution in [0.1, 0.15) is 0 Å². The van der Waals surface area contributed by atoms with Crippen LogP contribution in [0.2, 0.25) is 0 Å². The van der Waals surface area contributed by atoms with E-state index in [2.05, 4.69) is 32.9 Å². The molecule has 4 nitrogen and oxygen atoms in total. The predicted molar refractivity (Wildman–Crippen MR) is 61.0 cm³/mol. The Hall–Kier alpha value is -2.36. The number of carbonyl (C=O) groups is 2. The summed E-state index contributed by atoms with van der Waals surface area (Å²) in [5.74, 6) is -2.50. The van der Waals surface area contributed by atoms with Crippen LogP contribution in [-0.4, -0.2) is 22.2 Å². The fraction of sp³-hybridized carbons (Fsp3) is 0. The first kappa shape index (κ1) is 13.6. The lowest BCUT2D eigenvalue weighted by molar-refractivity contribution is -0.133. The van der Waals surface area contributed by atoms with Crippen LogP contribution in [0.4, 0.5) is 0 Å². The van der Waals surface area contributed by atoms with Crippen molar-refractivity contribution in [1.29, 1.82) is 0 Å². The van der Waals surface area contributed by atoms with E-state index in [1.165, 1.54) is 0 Å². The van der Waals surface area contributed by atoms with Crippen LogP contribution >= 0.6 is 0 Å². The van der Waals surface area contributed by atoms with Crippen LogP contribution in [-0.2, 0) is 9.59 Å². The number of allylic oxidation sites excluding steroid dienone is 1. The Kier molecular flexibility index (Phi) is 4.20. The van der Waals surface area contributed by atoms with Gasteiger partial charge in [0, 0.05) is 0 Å². The summed E-state index contributed by atoms with van der Waals surface area (Å²) in [7, 11) is 0. The highest BCUT2D eigenvalue weighted by Crippen LogP contribution is 2.25. The zero-order chi connectivity index (χ0) is 13.0. The molecule has 0 saturated carbocycles. The summed E-state index contributed by atoms with van der Waals surface area (Å²) in [6.07, 6.45) is 0. The number of hydrogen-bond acceptors (Lipinski definition) is 2. The maximum atomic E-state index is 10.6. The highest BCUT2D eigenvalue weighted by molar-refractivity contribution is 5.96. The number of carboxylic acid groups (broad SMARTS) is 2. The molecule has 0 spiro atoms. The van der Waals surface area contributed by atoms with E-state index in [1.54, 1.807) is 0 Å². The predicted octanol–water partition coefficient (Wildman–Crippen LogP) is 1.94. The molecule has 16 heavy (non-hydrogen) atoms. The third-order valence-corrected chi connectivity index (χ3v) is 1.97. The number of carboxylic acids is 2. The van der Waals surface area contributed by atoms with E-state index in [0.29, 0.717) is 0 Å². The molecule has 0 amide bonds. The monoisotopic (exact) mass is 220 g/mol. The number of rotatable bonds is 6. The van der Waals surface area contributed by atoms with Gasteiger partial charge in [-0.3, -0.25) is 0 Å². The first-order chi connectivity index (χ1) is 7.20. The first-order valence-corrected chi connectivity index (χ1v) is 4.12. The number of hydrogen-bond donors (Lipinski definition) is 2. The molecule has 0 radical (unpaired) electrons. The molecule has 2 N–H and O–H groups in total. The molecular formula is C12H12O4. The summed E-state index contributed by atoms with van der Waals surface area (Å²) < 4.78 is 0. The minimum Gasteiger partial charge on any atom is -0.478 e. The van der Waals surface area contributed by atoms with Crippen LogP contribution in [0.25, 0.3) is 0 Å². The SMILES string of the molecule is C=C(C(=C)C(=C)C(=O)O)C(=C)C(=C)C(=O)O. The Morgan fingerprint density at radius 3 is 0.938 bits per heavy atom. The maximum absolute atomic E-state index is 10.6. The van der Waals surface area contributed by atoms with Gasteiger partial charge in [0.25, 0.3) is 0 Å². The molecule has 0 aromatic rings. The van der Waals surface area contributed by atoms with E-state index >= 15 is 0 Å². The molecule has 0 aromatic heterocycles. The molecule has 4 heteroatoms. The molecule has 0 atom stereocenters. The standard InChI is InChI=1S/C12H12O4/c1-6(7(2)9(4)11(13)14)8(3)10(5)12(15)16/h1-5H2,(H,13,14)(H,15,16). The van der Waals surface area contributed by atoms with E-state index in [4.69, 9.17) is 10.2 Å². The minimum absolute atomic E-state index is 0.0277. The van der Waals surface area contributed by atoms with Gasteiger partial charge in [0.1, 0.15) is 0 Å². The Morgan fingerprint density at radius 2 is 0.750 bits per heavy atom. The van der Waals surface area contributed by atoms with Gasteiger partial charge in [-0.25, -0.2) is 9.59 Å². The Morgan fingerprint density at radius 1 is 0.562 bits per heavy atom. The van der Waals surface area contributed by atoms with Crippen LogP contribution in [0.5, 0.6) is 0 Å². The van der Waals surface area contributed by atoms with E-state index in [9.17, 15) is 9.59 Å². The molecule has 0 saturated heterocycles. The second-order valence-electron chi connectivity index (χ2n) is 3.00. The van der Waals surface area contributed by atoms with Crippen molar-refractivity contribution < 1.29 is 19.8 Å². The summed E-state index contributed by atoms with van der Waals surface area (Å²) in [5, 5.41) is 17.3. The molecule has 0 bridgehead atoms. The van der Waals surface area contributed by atoms with Gasteiger partial charge < -0.3 is 10.2 Å². The van der Waals surface area contributed by atoms with Crippen molar-refractivity contribution in [2.75, 3.05) is 0 Å². The van der Waals surface area contributed by atoms with Crippen molar-refractivity contribution >= 4 is 11.9 Å². The van der Waals surface area contributed by atoms with E-state index in [1.807, 2.05) is 0 Å². The van der Waals surface area contributed by atoms with Crippen LogP contribution in [0, 0.1) is 0 Å². The molecule has 0 aliphatic carbocycles. The third-order valence-electron chi connectivity index (χ3n) is 1.97. The Balaban J connectivity index is 4.97. The van der Waals surface area contributed by atoms with Crippen molar-refractivity contribution in [3.8, 4) is 0 Å². The Bertz CT molecular complexity index is 398. The fourth-order valence-electron chi connectivity index (χ4n) is 0.805. The first-order valence-electron chi connectivity index (χ1n) is 4.12. The highest BCUT2D eigenvalue weighted by atomic mass is 16.4. The summed E-state index contributed by atoms with van der Waals surface area (Å²) >= 11 is 0. The lowest BCUT2D eigenvalue weighted by Gasteiger charge is -2.11. The van der Waals surface area contributed by atoms with Gasteiger partial charge in [-0.05, 0) is 16.7 Å². The van der Waals surface area contributed by atoms with Crippen LogP contribution in [0.3, 0.4) is 0 Å². The van der Waals surface area contributed by atoms with Crippen molar-refractivity contribution in [1.82, 2.24) is 0 Å². The Labute approximate surface area is 93.2 Å². The normalized spacial score (nSPS) is 9.00. The molecular weight excluding hydrogens is 208 g/mol. The van der Waals surface area contributed by atoms with Crippen molar-refractivity contribution in [2.24, 2.45) is 0 Å². The number of aliphatic carboxylic acids is 2. The van der Waals surface area contributed by atoms with Gasteiger partial charge in [0.2, 0.25) is 0 Å². The average Bonchev–Trinajstić information content (AvgIpc) is 2.23. The largest absolute Gasteiger partial charge is 0.478 e. The van der Waals surface area contributed by atoms with Gasteiger partial charge in [0.15, 0.2) is 0 Å². The van der Waals surface area contributed by atoms with Gasteiger partial charge in [0.05, 0.1) is 11.1 Å². The third kappa shape index (κ3) is 2.81.